The minimum Gasteiger partial charge on any atom is -0.377 e. The van der Waals surface area contributed by atoms with Gasteiger partial charge in [0.05, 0.1) is 6.04 Å². The maximum Gasteiger partial charge on any atom is 0.0578 e. The van der Waals surface area contributed by atoms with E-state index in [1.54, 1.807) is 11.3 Å². The Morgan fingerprint density at radius 2 is 2.12 bits per heavy atom. The third-order valence-corrected chi connectivity index (χ3v) is 4.96. The van der Waals surface area contributed by atoms with E-state index >= 15 is 0 Å². The molecule has 0 aliphatic heterocycles. The first-order valence-corrected chi connectivity index (χ1v) is 7.34. The molecule has 0 saturated heterocycles. The van der Waals surface area contributed by atoms with Crippen LogP contribution >= 0.6 is 22.7 Å². The van der Waals surface area contributed by atoms with Gasteiger partial charge in [0.2, 0.25) is 0 Å². The zero-order chi connectivity index (χ0) is 11.5. The molecule has 0 saturated carbocycles. The van der Waals surface area contributed by atoms with Crippen molar-refractivity contribution in [3.05, 3.63) is 38.2 Å². The van der Waals surface area contributed by atoms with Crippen molar-refractivity contribution >= 4 is 28.4 Å². The van der Waals surface area contributed by atoms with Gasteiger partial charge in [-0.2, -0.15) is 0 Å². The molecule has 1 unspecified atom stereocenters. The molecule has 1 nitrogen and oxygen atoms in total. The molecule has 2 aromatic rings. The van der Waals surface area contributed by atoms with E-state index in [-0.39, 0.29) is 0 Å². The van der Waals surface area contributed by atoms with E-state index in [1.807, 2.05) is 11.3 Å². The lowest BCUT2D eigenvalue weighted by molar-refractivity contribution is 0.907. The van der Waals surface area contributed by atoms with Crippen molar-refractivity contribution in [1.29, 1.82) is 0 Å². The molecule has 86 valence electrons. The summed E-state index contributed by atoms with van der Waals surface area (Å²) in [6.45, 7) is 6.58. The largest absolute Gasteiger partial charge is 0.377 e. The maximum atomic E-state index is 3.56. The van der Waals surface area contributed by atoms with Gasteiger partial charge in [-0.3, -0.25) is 0 Å². The van der Waals surface area contributed by atoms with Crippen LogP contribution in [0, 0.1) is 6.92 Å². The Balaban J connectivity index is 2.08. The summed E-state index contributed by atoms with van der Waals surface area (Å²) in [6, 6.07) is 4.88. The number of thiophene rings is 2. The van der Waals surface area contributed by atoms with E-state index in [0.29, 0.717) is 6.04 Å². The molecular formula is C13H17NS2. The molecular weight excluding hydrogens is 234 g/mol. The number of nitrogens with one attached hydrogen (secondary N) is 1. The summed E-state index contributed by atoms with van der Waals surface area (Å²) in [7, 11) is 0. The van der Waals surface area contributed by atoms with Crippen LogP contribution in [-0.2, 0) is 6.42 Å². The molecule has 16 heavy (non-hydrogen) atoms. The smallest absolute Gasteiger partial charge is 0.0578 e. The molecule has 3 heteroatoms. The maximum absolute atomic E-state index is 3.56. The Hall–Kier alpha value is -0.800. The van der Waals surface area contributed by atoms with Crippen LogP contribution in [-0.4, -0.2) is 0 Å². The first kappa shape index (κ1) is 11.7. The van der Waals surface area contributed by atoms with Crippen LogP contribution in [0.15, 0.2) is 22.9 Å². The molecule has 0 aliphatic carbocycles. The van der Waals surface area contributed by atoms with Crippen LogP contribution in [0.2, 0.25) is 0 Å². The number of rotatable bonds is 4. The lowest BCUT2D eigenvalue weighted by Gasteiger charge is -2.13. The summed E-state index contributed by atoms with van der Waals surface area (Å²) >= 11 is 3.66. The highest BCUT2D eigenvalue weighted by Gasteiger charge is 2.09. The molecule has 0 spiro atoms. The second-order valence-corrected chi connectivity index (χ2v) is 5.94. The molecule has 0 aromatic carbocycles. The van der Waals surface area contributed by atoms with Gasteiger partial charge in [0.25, 0.3) is 0 Å². The Bertz CT molecular complexity index is 456. The molecule has 0 fully saturated rings. The SMILES string of the molecule is CCc1ccc(C(C)Nc2cscc2C)s1. The van der Waals surface area contributed by atoms with Crippen molar-refractivity contribution in [2.45, 2.75) is 33.2 Å². The van der Waals surface area contributed by atoms with Crippen LogP contribution < -0.4 is 5.32 Å². The molecule has 2 heterocycles. The van der Waals surface area contributed by atoms with Gasteiger partial charge in [-0.25, -0.2) is 0 Å². The van der Waals surface area contributed by atoms with Crippen molar-refractivity contribution in [3.8, 4) is 0 Å². The zero-order valence-corrected chi connectivity index (χ0v) is 11.5. The van der Waals surface area contributed by atoms with E-state index in [2.05, 4.69) is 49.0 Å². The van der Waals surface area contributed by atoms with Crippen LogP contribution in [0.5, 0.6) is 0 Å². The molecule has 2 aromatic heterocycles. The molecule has 1 N–H and O–H groups in total. The van der Waals surface area contributed by atoms with Gasteiger partial charge in [0.15, 0.2) is 0 Å². The van der Waals surface area contributed by atoms with Crippen LogP contribution in [0.4, 0.5) is 5.69 Å². The molecule has 0 aliphatic rings. The van der Waals surface area contributed by atoms with Gasteiger partial charge >= 0.3 is 0 Å². The van der Waals surface area contributed by atoms with E-state index in [1.165, 1.54) is 21.0 Å². The van der Waals surface area contributed by atoms with Crippen molar-refractivity contribution in [1.82, 2.24) is 0 Å². The minimum atomic E-state index is 0.401. The number of anilines is 1. The predicted octanol–water partition coefficient (Wildman–Crippen LogP) is 4.85. The van der Waals surface area contributed by atoms with E-state index in [9.17, 15) is 0 Å². The summed E-state index contributed by atoms with van der Waals surface area (Å²) in [6.07, 6.45) is 1.13. The first-order chi connectivity index (χ1) is 7.70. The highest BCUT2D eigenvalue weighted by molar-refractivity contribution is 7.12. The van der Waals surface area contributed by atoms with Gasteiger partial charge in [-0.1, -0.05) is 6.92 Å². The van der Waals surface area contributed by atoms with Crippen LogP contribution in [0.25, 0.3) is 0 Å². The fourth-order valence-corrected chi connectivity index (χ4v) is 3.37. The van der Waals surface area contributed by atoms with Crippen molar-refractivity contribution in [2.24, 2.45) is 0 Å². The summed E-state index contributed by atoms with van der Waals surface area (Å²) in [5.74, 6) is 0. The molecule has 0 bridgehead atoms. The standard InChI is InChI=1S/C13H17NS2/c1-4-11-5-6-13(16-11)10(3)14-12-8-15-7-9(12)2/h5-8,10,14H,4H2,1-3H3. The van der Waals surface area contributed by atoms with Crippen molar-refractivity contribution in [2.75, 3.05) is 5.32 Å². The lowest BCUT2D eigenvalue weighted by Crippen LogP contribution is -2.04. The second kappa shape index (κ2) is 5.02. The summed E-state index contributed by atoms with van der Waals surface area (Å²) in [5.41, 5.74) is 2.60. The number of aryl methyl sites for hydroxylation is 2. The van der Waals surface area contributed by atoms with E-state index < -0.39 is 0 Å². The monoisotopic (exact) mass is 251 g/mol. The highest BCUT2D eigenvalue weighted by Crippen LogP contribution is 2.29. The van der Waals surface area contributed by atoms with E-state index in [4.69, 9.17) is 0 Å². The van der Waals surface area contributed by atoms with Crippen molar-refractivity contribution in [3.63, 3.8) is 0 Å². The molecule has 0 radical (unpaired) electrons. The number of hydrogen-bond acceptors (Lipinski definition) is 3. The Morgan fingerprint density at radius 3 is 2.69 bits per heavy atom. The third kappa shape index (κ3) is 2.47. The fraction of sp³-hybridized carbons (Fsp3) is 0.385. The Morgan fingerprint density at radius 1 is 1.31 bits per heavy atom. The van der Waals surface area contributed by atoms with Crippen molar-refractivity contribution < 1.29 is 0 Å². The Kier molecular flexibility index (Phi) is 3.66. The van der Waals surface area contributed by atoms with Crippen LogP contribution in [0.1, 0.15) is 35.2 Å². The van der Waals surface area contributed by atoms with Gasteiger partial charge < -0.3 is 5.32 Å². The summed E-state index contributed by atoms with van der Waals surface area (Å²) in [5, 5.41) is 7.93. The van der Waals surface area contributed by atoms with E-state index in [0.717, 1.165) is 6.42 Å². The first-order valence-electron chi connectivity index (χ1n) is 5.58. The lowest BCUT2D eigenvalue weighted by atomic mass is 10.2. The highest BCUT2D eigenvalue weighted by atomic mass is 32.1. The second-order valence-electron chi connectivity index (χ2n) is 3.99. The summed E-state index contributed by atoms with van der Waals surface area (Å²) in [4.78, 5) is 2.88. The zero-order valence-electron chi connectivity index (χ0n) is 9.91. The van der Waals surface area contributed by atoms with Gasteiger partial charge in [0, 0.05) is 20.8 Å². The van der Waals surface area contributed by atoms with Gasteiger partial charge in [0.1, 0.15) is 0 Å². The quantitative estimate of drug-likeness (QED) is 0.818. The molecule has 2 rings (SSSR count). The topological polar surface area (TPSA) is 12.0 Å². The summed E-state index contributed by atoms with van der Waals surface area (Å²) < 4.78 is 0. The molecule has 1 atom stereocenters. The van der Waals surface area contributed by atoms with Gasteiger partial charge in [-0.15, -0.1) is 22.7 Å². The molecule has 0 amide bonds. The Labute approximate surface area is 105 Å². The average molecular weight is 251 g/mol. The predicted molar refractivity (Wildman–Crippen MR) is 74.8 cm³/mol. The van der Waals surface area contributed by atoms with Gasteiger partial charge in [-0.05, 0) is 43.3 Å². The minimum absolute atomic E-state index is 0.401. The fourth-order valence-electron chi connectivity index (χ4n) is 1.63. The van der Waals surface area contributed by atoms with Crippen LogP contribution in [0.3, 0.4) is 0 Å². The normalized spacial score (nSPS) is 12.7. The third-order valence-electron chi connectivity index (χ3n) is 2.69. The average Bonchev–Trinajstić information content (AvgIpc) is 2.88. The number of hydrogen-bond donors (Lipinski definition) is 1.